The van der Waals surface area contributed by atoms with E-state index in [4.69, 9.17) is 4.74 Å². The van der Waals surface area contributed by atoms with Gasteiger partial charge in [0.1, 0.15) is 5.75 Å². The van der Waals surface area contributed by atoms with Gasteiger partial charge < -0.3 is 15.2 Å². The maximum Gasteiger partial charge on any atom is 0.133 e. The molecule has 106 valence electrons. The van der Waals surface area contributed by atoms with Crippen molar-refractivity contribution >= 4 is 15.9 Å². The van der Waals surface area contributed by atoms with Gasteiger partial charge in [-0.15, -0.1) is 0 Å². The van der Waals surface area contributed by atoms with Gasteiger partial charge in [-0.3, -0.25) is 0 Å². The van der Waals surface area contributed by atoms with E-state index in [2.05, 4.69) is 33.4 Å². The molecule has 1 aliphatic rings. The summed E-state index contributed by atoms with van der Waals surface area (Å²) in [5.74, 6) is 1.27. The van der Waals surface area contributed by atoms with Gasteiger partial charge in [-0.25, -0.2) is 0 Å². The van der Waals surface area contributed by atoms with Crippen LogP contribution in [-0.2, 0) is 6.54 Å². The Labute approximate surface area is 123 Å². The van der Waals surface area contributed by atoms with Crippen molar-refractivity contribution in [2.45, 2.75) is 38.3 Å². The van der Waals surface area contributed by atoms with Gasteiger partial charge in [0.2, 0.25) is 0 Å². The van der Waals surface area contributed by atoms with Crippen LogP contribution in [0.25, 0.3) is 0 Å². The van der Waals surface area contributed by atoms with Crippen LogP contribution in [-0.4, -0.2) is 24.9 Å². The van der Waals surface area contributed by atoms with Crippen molar-refractivity contribution in [3.63, 3.8) is 0 Å². The van der Waals surface area contributed by atoms with Gasteiger partial charge in [0.05, 0.1) is 11.6 Å². The maximum atomic E-state index is 9.41. The Morgan fingerprint density at radius 2 is 2.16 bits per heavy atom. The third kappa shape index (κ3) is 3.94. The number of methoxy groups -OCH3 is 1. The zero-order valence-corrected chi connectivity index (χ0v) is 12.9. The molecule has 1 saturated carbocycles. The Bertz CT molecular complexity index is 411. The number of benzene rings is 1. The molecule has 2 unspecified atom stereocenters. The average Bonchev–Trinajstić information content (AvgIpc) is 2.45. The standard InChI is InChI=1S/C15H22BrNO2/c1-19-15-7-6-11(8-13(15)16)9-17-14-5-3-2-4-12(14)10-18/h6-8,12,14,17-18H,2-5,9-10H2,1H3. The van der Waals surface area contributed by atoms with Crippen LogP contribution in [0.15, 0.2) is 22.7 Å². The zero-order valence-electron chi connectivity index (χ0n) is 11.4. The SMILES string of the molecule is COc1ccc(CNC2CCCCC2CO)cc1Br. The molecule has 2 N–H and O–H groups in total. The predicted octanol–water partition coefficient (Wildman–Crippen LogP) is 3.10. The van der Waals surface area contributed by atoms with Crippen LogP contribution in [0, 0.1) is 5.92 Å². The molecule has 4 heteroatoms. The van der Waals surface area contributed by atoms with E-state index < -0.39 is 0 Å². The molecule has 0 bridgehead atoms. The normalized spacial score (nSPS) is 23.3. The highest BCUT2D eigenvalue weighted by Crippen LogP contribution is 2.27. The fourth-order valence-electron chi connectivity index (χ4n) is 2.76. The van der Waals surface area contributed by atoms with Gasteiger partial charge in [-0.1, -0.05) is 18.9 Å². The molecule has 0 aliphatic heterocycles. The highest BCUT2D eigenvalue weighted by Gasteiger charge is 2.23. The first kappa shape index (κ1) is 14.8. The second-order valence-electron chi connectivity index (χ2n) is 5.18. The van der Waals surface area contributed by atoms with Crippen molar-refractivity contribution in [1.29, 1.82) is 0 Å². The monoisotopic (exact) mass is 327 g/mol. The van der Waals surface area contributed by atoms with Gasteiger partial charge in [0.15, 0.2) is 0 Å². The molecule has 19 heavy (non-hydrogen) atoms. The minimum atomic E-state index is 0.296. The quantitative estimate of drug-likeness (QED) is 0.873. The van der Waals surface area contributed by atoms with E-state index in [1.54, 1.807) is 7.11 Å². The molecule has 0 heterocycles. The lowest BCUT2D eigenvalue weighted by atomic mass is 9.85. The van der Waals surface area contributed by atoms with Crippen LogP contribution in [0.2, 0.25) is 0 Å². The molecule has 0 radical (unpaired) electrons. The lowest BCUT2D eigenvalue weighted by molar-refractivity contribution is 0.152. The Kier molecular flexibility index (Phi) is 5.67. The third-order valence-electron chi connectivity index (χ3n) is 3.93. The largest absolute Gasteiger partial charge is 0.496 e. The van der Waals surface area contributed by atoms with Crippen molar-refractivity contribution in [2.75, 3.05) is 13.7 Å². The molecule has 0 saturated heterocycles. The lowest BCUT2D eigenvalue weighted by Gasteiger charge is -2.31. The van der Waals surface area contributed by atoms with Gasteiger partial charge in [0, 0.05) is 19.2 Å². The van der Waals surface area contributed by atoms with E-state index in [9.17, 15) is 5.11 Å². The highest BCUT2D eigenvalue weighted by atomic mass is 79.9. The highest BCUT2D eigenvalue weighted by molar-refractivity contribution is 9.10. The maximum absolute atomic E-state index is 9.41. The van der Waals surface area contributed by atoms with Gasteiger partial charge in [-0.05, 0) is 52.4 Å². The molecule has 0 aromatic heterocycles. The molecule has 3 nitrogen and oxygen atoms in total. The van der Waals surface area contributed by atoms with E-state index in [0.29, 0.717) is 18.6 Å². The van der Waals surface area contributed by atoms with Gasteiger partial charge in [0.25, 0.3) is 0 Å². The van der Waals surface area contributed by atoms with Crippen LogP contribution in [0.3, 0.4) is 0 Å². The first-order valence-electron chi connectivity index (χ1n) is 6.91. The van der Waals surface area contributed by atoms with Crippen molar-refractivity contribution in [1.82, 2.24) is 5.32 Å². The Morgan fingerprint density at radius 1 is 1.37 bits per heavy atom. The molecule has 1 aromatic carbocycles. The number of nitrogens with one attached hydrogen (secondary N) is 1. The number of ether oxygens (including phenoxy) is 1. The summed E-state index contributed by atoms with van der Waals surface area (Å²) in [6.07, 6.45) is 4.82. The Morgan fingerprint density at radius 3 is 2.84 bits per heavy atom. The number of halogens is 1. The number of hydrogen-bond donors (Lipinski definition) is 2. The predicted molar refractivity (Wildman–Crippen MR) is 80.4 cm³/mol. The summed E-state index contributed by atoms with van der Waals surface area (Å²) in [6.45, 7) is 1.13. The minimum Gasteiger partial charge on any atom is -0.496 e. The lowest BCUT2D eigenvalue weighted by Crippen LogP contribution is -2.39. The molecule has 1 fully saturated rings. The van der Waals surface area contributed by atoms with Crippen LogP contribution in [0.5, 0.6) is 5.75 Å². The molecule has 1 aromatic rings. The summed E-state index contributed by atoms with van der Waals surface area (Å²) in [5.41, 5.74) is 1.23. The molecule has 0 amide bonds. The summed E-state index contributed by atoms with van der Waals surface area (Å²) >= 11 is 3.51. The molecule has 2 rings (SSSR count). The van der Waals surface area contributed by atoms with Crippen LogP contribution < -0.4 is 10.1 Å². The van der Waals surface area contributed by atoms with Crippen LogP contribution in [0.4, 0.5) is 0 Å². The summed E-state index contributed by atoms with van der Waals surface area (Å²) < 4.78 is 6.21. The summed E-state index contributed by atoms with van der Waals surface area (Å²) in [5, 5.41) is 13.0. The first-order valence-corrected chi connectivity index (χ1v) is 7.70. The van der Waals surface area contributed by atoms with Crippen molar-refractivity contribution in [2.24, 2.45) is 5.92 Å². The van der Waals surface area contributed by atoms with Crippen molar-refractivity contribution in [3.05, 3.63) is 28.2 Å². The van der Waals surface area contributed by atoms with E-state index in [1.165, 1.54) is 24.8 Å². The fraction of sp³-hybridized carbons (Fsp3) is 0.600. The molecule has 2 atom stereocenters. The molecular formula is C15H22BrNO2. The summed E-state index contributed by atoms with van der Waals surface area (Å²) in [4.78, 5) is 0. The molecule has 1 aliphatic carbocycles. The number of aliphatic hydroxyl groups is 1. The second-order valence-corrected chi connectivity index (χ2v) is 6.04. The molecular weight excluding hydrogens is 306 g/mol. The van der Waals surface area contributed by atoms with E-state index in [-0.39, 0.29) is 0 Å². The van der Waals surface area contributed by atoms with Crippen molar-refractivity contribution in [3.8, 4) is 5.75 Å². The number of rotatable bonds is 5. The third-order valence-corrected chi connectivity index (χ3v) is 4.55. The smallest absolute Gasteiger partial charge is 0.133 e. The minimum absolute atomic E-state index is 0.296. The number of aliphatic hydroxyl groups excluding tert-OH is 1. The van der Waals surface area contributed by atoms with E-state index in [1.807, 2.05) is 6.07 Å². The van der Waals surface area contributed by atoms with Crippen LogP contribution >= 0.6 is 15.9 Å². The average molecular weight is 328 g/mol. The Balaban J connectivity index is 1.92. The number of hydrogen-bond acceptors (Lipinski definition) is 3. The fourth-order valence-corrected chi connectivity index (χ4v) is 3.35. The Hall–Kier alpha value is -0.580. The topological polar surface area (TPSA) is 41.5 Å². The summed E-state index contributed by atoms with van der Waals surface area (Å²) in [7, 11) is 1.67. The summed E-state index contributed by atoms with van der Waals surface area (Å²) in [6, 6.07) is 6.58. The van der Waals surface area contributed by atoms with E-state index >= 15 is 0 Å². The van der Waals surface area contributed by atoms with E-state index in [0.717, 1.165) is 23.2 Å². The second kappa shape index (κ2) is 7.27. The van der Waals surface area contributed by atoms with Gasteiger partial charge in [-0.2, -0.15) is 0 Å². The van der Waals surface area contributed by atoms with Crippen LogP contribution in [0.1, 0.15) is 31.2 Å². The molecule has 0 spiro atoms. The first-order chi connectivity index (χ1) is 9.24. The van der Waals surface area contributed by atoms with Crippen molar-refractivity contribution < 1.29 is 9.84 Å². The zero-order chi connectivity index (χ0) is 13.7. The van der Waals surface area contributed by atoms with Gasteiger partial charge >= 0.3 is 0 Å².